The molecule has 7 heteroatoms. The molecule has 1 heterocycles. The van der Waals surface area contributed by atoms with Crippen LogP contribution in [0.15, 0.2) is 4.99 Å². The van der Waals surface area contributed by atoms with E-state index in [1.54, 1.807) is 7.11 Å². The van der Waals surface area contributed by atoms with E-state index in [-0.39, 0.29) is 11.8 Å². The highest BCUT2D eigenvalue weighted by Gasteiger charge is 2.19. The molecule has 0 unspecified atom stereocenters. The van der Waals surface area contributed by atoms with Gasteiger partial charge in [-0.1, -0.05) is 13.8 Å². The van der Waals surface area contributed by atoms with Crippen LogP contribution in [0.2, 0.25) is 0 Å². The Morgan fingerprint density at radius 3 is 2.58 bits per heavy atom. The minimum Gasteiger partial charge on any atom is -0.383 e. The lowest BCUT2D eigenvalue weighted by molar-refractivity contribution is -0.123. The molecule has 0 bridgehead atoms. The standard InChI is InChI=1S/C17H35N5O2/c1-5-18-17(20-9-8-19-16(23)14(2)3)21-15-6-10-22(11-7-15)12-13-24-4/h14-15H,5-13H2,1-4H3,(H,19,23)(H2,18,20,21). The van der Waals surface area contributed by atoms with Crippen molar-refractivity contribution in [3.63, 3.8) is 0 Å². The van der Waals surface area contributed by atoms with E-state index in [0.29, 0.717) is 19.1 Å². The number of hydrogen-bond donors (Lipinski definition) is 3. The molecule has 0 radical (unpaired) electrons. The molecule has 1 amide bonds. The van der Waals surface area contributed by atoms with Crippen LogP contribution in [0.3, 0.4) is 0 Å². The van der Waals surface area contributed by atoms with Crippen molar-refractivity contribution in [3.8, 4) is 0 Å². The number of nitrogens with zero attached hydrogens (tertiary/aromatic N) is 2. The van der Waals surface area contributed by atoms with Gasteiger partial charge in [0.25, 0.3) is 0 Å². The van der Waals surface area contributed by atoms with Crippen LogP contribution in [0.25, 0.3) is 0 Å². The Balaban J connectivity index is 2.32. The molecule has 0 aromatic carbocycles. The lowest BCUT2D eigenvalue weighted by Gasteiger charge is -2.32. The molecule has 0 saturated carbocycles. The Kier molecular flexibility index (Phi) is 10.4. The Hall–Kier alpha value is -1.34. The third-order valence-corrected chi connectivity index (χ3v) is 4.09. The number of hydrogen-bond acceptors (Lipinski definition) is 4. The maximum absolute atomic E-state index is 11.5. The first-order valence-electron chi connectivity index (χ1n) is 9.10. The zero-order valence-corrected chi connectivity index (χ0v) is 15.7. The van der Waals surface area contributed by atoms with Crippen molar-refractivity contribution in [1.82, 2.24) is 20.9 Å². The van der Waals surface area contributed by atoms with E-state index < -0.39 is 0 Å². The maximum atomic E-state index is 11.5. The van der Waals surface area contributed by atoms with Crippen LogP contribution >= 0.6 is 0 Å². The first-order valence-corrected chi connectivity index (χ1v) is 9.10. The van der Waals surface area contributed by atoms with Gasteiger partial charge in [0.2, 0.25) is 5.91 Å². The minimum absolute atomic E-state index is 0.0173. The average Bonchev–Trinajstić information content (AvgIpc) is 2.57. The summed E-state index contributed by atoms with van der Waals surface area (Å²) >= 11 is 0. The number of carbonyl (C=O) groups excluding carboxylic acids is 1. The molecule has 140 valence electrons. The second-order valence-corrected chi connectivity index (χ2v) is 6.46. The summed E-state index contributed by atoms with van der Waals surface area (Å²) in [5.41, 5.74) is 0. The fourth-order valence-electron chi connectivity index (χ4n) is 2.59. The van der Waals surface area contributed by atoms with Crippen molar-refractivity contribution in [2.24, 2.45) is 10.9 Å². The van der Waals surface area contributed by atoms with Gasteiger partial charge in [-0.05, 0) is 19.8 Å². The fourth-order valence-corrected chi connectivity index (χ4v) is 2.59. The molecular weight excluding hydrogens is 306 g/mol. The Bertz CT molecular complexity index is 379. The van der Waals surface area contributed by atoms with Gasteiger partial charge in [0.05, 0.1) is 13.2 Å². The van der Waals surface area contributed by atoms with Gasteiger partial charge in [-0.25, -0.2) is 0 Å². The van der Waals surface area contributed by atoms with Crippen molar-refractivity contribution in [2.75, 3.05) is 53.0 Å². The molecule has 0 aromatic rings. The third-order valence-electron chi connectivity index (χ3n) is 4.09. The Morgan fingerprint density at radius 1 is 1.29 bits per heavy atom. The van der Waals surface area contributed by atoms with E-state index in [2.05, 4.69) is 32.8 Å². The van der Waals surface area contributed by atoms with Crippen molar-refractivity contribution >= 4 is 11.9 Å². The molecule has 24 heavy (non-hydrogen) atoms. The normalized spacial score (nSPS) is 17.1. The van der Waals surface area contributed by atoms with Crippen LogP contribution in [-0.2, 0) is 9.53 Å². The number of guanidine groups is 1. The molecule has 1 rings (SSSR count). The van der Waals surface area contributed by atoms with Gasteiger partial charge in [-0.15, -0.1) is 0 Å². The van der Waals surface area contributed by atoms with Gasteiger partial charge in [-0.2, -0.15) is 0 Å². The summed E-state index contributed by atoms with van der Waals surface area (Å²) in [4.78, 5) is 18.5. The number of carbonyl (C=O) groups is 1. The highest BCUT2D eigenvalue weighted by Crippen LogP contribution is 2.09. The number of nitrogens with one attached hydrogen (secondary N) is 3. The monoisotopic (exact) mass is 341 g/mol. The number of ether oxygens (including phenoxy) is 1. The van der Waals surface area contributed by atoms with Gasteiger partial charge >= 0.3 is 0 Å². The molecule has 1 aliphatic heterocycles. The summed E-state index contributed by atoms with van der Waals surface area (Å²) in [6, 6.07) is 0.451. The summed E-state index contributed by atoms with van der Waals surface area (Å²) in [6.07, 6.45) is 2.22. The predicted molar refractivity (Wildman–Crippen MR) is 98.3 cm³/mol. The lowest BCUT2D eigenvalue weighted by Crippen LogP contribution is -2.49. The first kappa shape index (κ1) is 20.7. The summed E-state index contributed by atoms with van der Waals surface area (Å²) in [5.74, 6) is 0.932. The second kappa shape index (κ2) is 12.1. The molecule has 1 aliphatic rings. The SMILES string of the molecule is CCNC(=NCCNC(=O)C(C)C)NC1CCN(CCOC)CC1. The van der Waals surface area contributed by atoms with E-state index in [1.165, 1.54) is 0 Å². The molecule has 0 aliphatic carbocycles. The molecular formula is C17H35N5O2. The van der Waals surface area contributed by atoms with E-state index in [1.807, 2.05) is 13.8 Å². The molecule has 7 nitrogen and oxygen atoms in total. The van der Waals surface area contributed by atoms with Crippen LogP contribution in [-0.4, -0.2) is 75.8 Å². The zero-order valence-electron chi connectivity index (χ0n) is 15.7. The third kappa shape index (κ3) is 8.49. The fraction of sp³-hybridized carbons (Fsp3) is 0.882. The van der Waals surface area contributed by atoms with Gasteiger partial charge in [0.1, 0.15) is 0 Å². The molecule has 0 spiro atoms. The molecule has 1 fully saturated rings. The van der Waals surface area contributed by atoms with Gasteiger partial charge in [0, 0.05) is 51.8 Å². The second-order valence-electron chi connectivity index (χ2n) is 6.46. The van der Waals surface area contributed by atoms with Gasteiger partial charge < -0.3 is 25.6 Å². The summed E-state index contributed by atoms with van der Waals surface area (Å²) in [6.45, 7) is 11.8. The molecule has 1 saturated heterocycles. The van der Waals surface area contributed by atoms with E-state index in [0.717, 1.165) is 51.6 Å². The van der Waals surface area contributed by atoms with E-state index in [4.69, 9.17) is 4.74 Å². The zero-order chi connectivity index (χ0) is 17.8. The Morgan fingerprint density at radius 2 is 2.00 bits per heavy atom. The van der Waals surface area contributed by atoms with Crippen molar-refractivity contribution in [3.05, 3.63) is 0 Å². The number of amides is 1. The van der Waals surface area contributed by atoms with Crippen LogP contribution < -0.4 is 16.0 Å². The van der Waals surface area contributed by atoms with Crippen LogP contribution in [0.4, 0.5) is 0 Å². The summed E-state index contributed by atoms with van der Waals surface area (Å²) < 4.78 is 5.14. The van der Waals surface area contributed by atoms with Crippen molar-refractivity contribution < 1.29 is 9.53 Å². The van der Waals surface area contributed by atoms with E-state index in [9.17, 15) is 4.79 Å². The van der Waals surface area contributed by atoms with Crippen LogP contribution in [0, 0.1) is 5.92 Å². The number of rotatable bonds is 9. The minimum atomic E-state index is 0.0173. The number of methoxy groups -OCH3 is 1. The Labute approximate surface area is 146 Å². The van der Waals surface area contributed by atoms with Crippen molar-refractivity contribution in [2.45, 2.75) is 39.7 Å². The molecule has 0 aromatic heterocycles. The topological polar surface area (TPSA) is 78.0 Å². The average molecular weight is 342 g/mol. The van der Waals surface area contributed by atoms with Crippen LogP contribution in [0.5, 0.6) is 0 Å². The largest absolute Gasteiger partial charge is 0.383 e. The maximum Gasteiger partial charge on any atom is 0.222 e. The quantitative estimate of drug-likeness (QED) is 0.322. The first-order chi connectivity index (χ1) is 11.6. The lowest BCUT2D eigenvalue weighted by atomic mass is 10.1. The number of aliphatic imine (C=N–C) groups is 1. The number of likely N-dealkylation sites (tertiary alicyclic amines) is 1. The van der Waals surface area contributed by atoms with Crippen LogP contribution in [0.1, 0.15) is 33.6 Å². The molecule has 3 N–H and O–H groups in total. The van der Waals surface area contributed by atoms with Gasteiger partial charge in [-0.3, -0.25) is 9.79 Å². The summed E-state index contributed by atoms with van der Waals surface area (Å²) in [5, 5.41) is 9.68. The highest BCUT2D eigenvalue weighted by molar-refractivity contribution is 5.80. The van der Waals surface area contributed by atoms with Crippen molar-refractivity contribution in [1.29, 1.82) is 0 Å². The van der Waals surface area contributed by atoms with E-state index >= 15 is 0 Å². The smallest absolute Gasteiger partial charge is 0.222 e. The highest BCUT2D eigenvalue weighted by atomic mass is 16.5. The molecule has 0 atom stereocenters. The summed E-state index contributed by atoms with van der Waals surface area (Å²) in [7, 11) is 1.75. The van der Waals surface area contributed by atoms with Gasteiger partial charge in [0.15, 0.2) is 5.96 Å². The number of piperidine rings is 1. The predicted octanol–water partition coefficient (Wildman–Crippen LogP) is 0.425.